The van der Waals surface area contributed by atoms with Crippen LogP contribution >= 0.6 is 0 Å². The highest BCUT2D eigenvalue weighted by molar-refractivity contribution is 5.88. The van der Waals surface area contributed by atoms with Crippen molar-refractivity contribution in [3.63, 3.8) is 0 Å². The summed E-state index contributed by atoms with van der Waals surface area (Å²) in [7, 11) is 0. The van der Waals surface area contributed by atoms with Crippen molar-refractivity contribution in [3.05, 3.63) is 71.0 Å². The molecule has 0 amide bonds. The number of anilines is 1. The van der Waals surface area contributed by atoms with Gasteiger partial charge in [0.2, 0.25) is 0 Å². The van der Waals surface area contributed by atoms with Crippen LogP contribution in [0.2, 0.25) is 0 Å². The number of fused-ring (bicyclic) bond motifs is 2. The van der Waals surface area contributed by atoms with E-state index < -0.39 is 0 Å². The molecule has 5 rings (SSSR count). The fraction of sp³-hybridized carbons (Fsp3) is 0.182. The molecule has 5 heteroatoms. The minimum atomic E-state index is -0.0213. The van der Waals surface area contributed by atoms with Gasteiger partial charge in [0.1, 0.15) is 5.58 Å². The molecule has 0 radical (unpaired) electrons. The molecule has 27 heavy (non-hydrogen) atoms. The van der Waals surface area contributed by atoms with Gasteiger partial charge < -0.3 is 14.1 Å². The Kier molecular flexibility index (Phi) is 3.87. The molecule has 0 unspecified atom stereocenters. The van der Waals surface area contributed by atoms with Crippen LogP contribution in [-0.4, -0.2) is 31.3 Å². The highest BCUT2D eigenvalue weighted by Gasteiger charge is 2.15. The minimum Gasteiger partial charge on any atom is -0.440 e. The lowest BCUT2D eigenvalue weighted by atomic mass is 10.0. The molecule has 0 aliphatic carbocycles. The highest BCUT2D eigenvalue weighted by atomic mass is 16.5. The topological polar surface area (TPSA) is 55.6 Å². The van der Waals surface area contributed by atoms with Crippen LogP contribution < -0.4 is 10.3 Å². The lowest BCUT2D eigenvalue weighted by molar-refractivity contribution is 0.121. The van der Waals surface area contributed by atoms with Gasteiger partial charge in [-0.2, -0.15) is 0 Å². The number of nitrogens with zero attached hydrogens (tertiary/aromatic N) is 2. The first-order valence-electron chi connectivity index (χ1n) is 9.04. The quantitative estimate of drug-likeness (QED) is 0.545. The normalized spacial score (nSPS) is 14.7. The third kappa shape index (κ3) is 2.96. The zero-order valence-electron chi connectivity index (χ0n) is 14.7. The van der Waals surface area contributed by atoms with E-state index in [1.807, 2.05) is 42.5 Å². The monoisotopic (exact) mass is 358 g/mol. The van der Waals surface area contributed by atoms with Crippen molar-refractivity contribution in [2.24, 2.45) is 0 Å². The Morgan fingerprint density at radius 2 is 1.74 bits per heavy atom. The van der Waals surface area contributed by atoms with E-state index in [1.54, 1.807) is 12.3 Å². The number of ether oxygens (including phenoxy) is 1. The molecule has 0 N–H and O–H groups in total. The van der Waals surface area contributed by atoms with Crippen LogP contribution in [0.5, 0.6) is 0 Å². The molecule has 1 fully saturated rings. The Morgan fingerprint density at radius 3 is 2.63 bits per heavy atom. The molecule has 2 aromatic heterocycles. The molecule has 134 valence electrons. The predicted octanol–water partition coefficient (Wildman–Crippen LogP) is 3.84. The summed E-state index contributed by atoms with van der Waals surface area (Å²) in [5.74, 6) is 0.607. The number of hydrogen-bond acceptors (Lipinski definition) is 5. The SMILES string of the molecule is O=c1cc(N2CCOCC2)oc2cc(-c3ccc4ncccc4c3)ccc12. The molecular weight excluding hydrogens is 340 g/mol. The second-order valence-corrected chi connectivity index (χ2v) is 6.67. The molecule has 2 aromatic carbocycles. The van der Waals surface area contributed by atoms with Crippen molar-refractivity contribution in [1.29, 1.82) is 0 Å². The van der Waals surface area contributed by atoms with Crippen molar-refractivity contribution in [1.82, 2.24) is 4.98 Å². The Hall–Kier alpha value is -3.18. The van der Waals surface area contributed by atoms with Gasteiger partial charge >= 0.3 is 0 Å². The molecule has 5 nitrogen and oxygen atoms in total. The summed E-state index contributed by atoms with van der Waals surface area (Å²) in [5, 5.41) is 1.68. The van der Waals surface area contributed by atoms with Crippen LogP contribution in [0.4, 0.5) is 5.88 Å². The van der Waals surface area contributed by atoms with E-state index in [1.165, 1.54) is 0 Å². The van der Waals surface area contributed by atoms with Crippen LogP contribution in [0.15, 0.2) is 70.0 Å². The second kappa shape index (κ2) is 6.52. The average Bonchev–Trinajstić information content (AvgIpc) is 2.73. The summed E-state index contributed by atoms with van der Waals surface area (Å²) in [6.07, 6.45) is 1.79. The molecular formula is C22H18N2O3. The fourth-order valence-electron chi connectivity index (χ4n) is 3.52. The Morgan fingerprint density at radius 1 is 0.926 bits per heavy atom. The standard InChI is InChI=1S/C22H18N2O3/c25-20-14-22(24-8-10-26-11-9-24)27-21-13-16(3-5-18(20)21)15-4-6-19-17(12-15)2-1-7-23-19/h1-7,12-14H,8-11H2. The highest BCUT2D eigenvalue weighted by Crippen LogP contribution is 2.28. The van der Waals surface area contributed by atoms with Crippen LogP contribution in [-0.2, 0) is 4.74 Å². The zero-order valence-corrected chi connectivity index (χ0v) is 14.7. The maximum atomic E-state index is 12.5. The van der Waals surface area contributed by atoms with E-state index in [2.05, 4.69) is 16.0 Å². The Bertz CT molecular complexity index is 1190. The van der Waals surface area contributed by atoms with Crippen LogP contribution in [0, 0.1) is 0 Å². The van der Waals surface area contributed by atoms with E-state index in [0.717, 1.165) is 35.1 Å². The van der Waals surface area contributed by atoms with Gasteiger partial charge in [0, 0.05) is 30.7 Å². The van der Waals surface area contributed by atoms with Crippen molar-refractivity contribution in [3.8, 4) is 11.1 Å². The van der Waals surface area contributed by atoms with Gasteiger partial charge in [-0.15, -0.1) is 0 Å². The summed E-state index contributed by atoms with van der Waals surface area (Å²) in [5.41, 5.74) is 3.62. The molecule has 0 spiro atoms. The lowest BCUT2D eigenvalue weighted by Gasteiger charge is -2.27. The van der Waals surface area contributed by atoms with Gasteiger partial charge in [-0.05, 0) is 41.5 Å². The van der Waals surface area contributed by atoms with Crippen molar-refractivity contribution < 1.29 is 9.15 Å². The van der Waals surface area contributed by atoms with E-state index >= 15 is 0 Å². The van der Waals surface area contributed by atoms with Crippen molar-refractivity contribution in [2.75, 3.05) is 31.2 Å². The van der Waals surface area contributed by atoms with Crippen LogP contribution in [0.25, 0.3) is 33.0 Å². The summed E-state index contributed by atoms with van der Waals surface area (Å²) in [6, 6.07) is 17.5. The maximum absolute atomic E-state index is 12.5. The van der Waals surface area contributed by atoms with Crippen molar-refractivity contribution in [2.45, 2.75) is 0 Å². The van der Waals surface area contributed by atoms with Crippen LogP contribution in [0.1, 0.15) is 0 Å². The summed E-state index contributed by atoms with van der Waals surface area (Å²) < 4.78 is 11.5. The lowest BCUT2D eigenvalue weighted by Crippen LogP contribution is -2.36. The van der Waals surface area contributed by atoms with E-state index in [0.29, 0.717) is 30.1 Å². The van der Waals surface area contributed by atoms with Crippen molar-refractivity contribution >= 4 is 27.8 Å². The van der Waals surface area contributed by atoms with Gasteiger partial charge in [0.15, 0.2) is 11.3 Å². The first-order chi connectivity index (χ1) is 13.3. The summed E-state index contributed by atoms with van der Waals surface area (Å²) >= 11 is 0. The average molecular weight is 358 g/mol. The van der Waals surface area contributed by atoms with Gasteiger partial charge in [0.25, 0.3) is 0 Å². The first-order valence-corrected chi connectivity index (χ1v) is 9.04. The van der Waals surface area contributed by atoms with Crippen LogP contribution in [0.3, 0.4) is 0 Å². The molecule has 1 saturated heterocycles. The fourth-order valence-corrected chi connectivity index (χ4v) is 3.52. The molecule has 1 aliphatic rings. The number of pyridine rings is 1. The van der Waals surface area contributed by atoms with E-state index in [9.17, 15) is 4.79 Å². The van der Waals surface area contributed by atoms with Gasteiger partial charge in [0.05, 0.1) is 24.1 Å². The zero-order chi connectivity index (χ0) is 18.2. The van der Waals surface area contributed by atoms with Gasteiger partial charge in [-0.3, -0.25) is 9.78 Å². The maximum Gasteiger partial charge on any atom is 0.200 e. The van der Waals surface area contributed by atoms with Gasteiger partial charge in [-0.25, -0.2) is 0 Å². The summed E-state index contributed by atoms with van der Waals surface area (Å²) in [6.45, 7) is 2.75. The molecule has 3 heterocycles. The molecule has 4 aromatic rings. The van der Waals surface area contributed by atoms with E-state index in [4.69, 9.17) is 9.15 Å². The molecule has 0 bridgehead atoms. The molecule has 1 aliphatic heterocycles. The Labute approximate surface area is 155 Å². The number of morpholine rings is 1. The number of benzene rings is 2. The first kappa shape index (κ1) is 16.0. The largest absolute Gasteiger partial charge is 0.440 e. The smallest absolute Gasteiger partial charge is 0.200 e. The van der Waals surface area contributed by atoms with E-state index in [-0.39, 0.29) is 5.43 Å². The summed E-state index contributed by atoms with van der Waals surface area (Å²) in [4.78, 5) is 19.0. The third-order valence-corrected chi connectivity index (χ3v) is 4.98. The number of hydrogen-bond donors (Lipinski definition) is 0. The Balaban J connectivity index is 1.61. The number of rotatable bonds is 2. The molecule has 0 saturated carbocycles. The second-order valence-electron chi connectivity index (χ2n) is 6.67. The predicted molar refractivity (Wildman–Crippen MR) is 106 cm³/mol. The minimum absolute atomic E-state index is 0.0213. The third-order valence-electron chi connectivity index (χ3n) is 4.98. The number of aromatic nitrogens is 1. The molecule has 0 atom stereocenters. The van der Waals surface area contributed by atoms with Gasteiger partial charge in [-0.1, -0.05) is 18.2 Å².